The molecule has 6 heteroatoms. The van der Waals surface area contributed by atoms with E-state index in [0.29, 0.717) is 24.7 Å². The normalized spacial score (nSPS) is 12.3. The topological polar surface area (TPSA) is 50.5 Å². The summed E-state index contributed by atoms with van der Waals surface area (Å²) in [5.74, 6) is 0.625. The number of rotatable bonds is 9. The number of aryl methyl sites for hydroxylation is 1. The maximum atomic E-state index is 13.7. The number of nitrogens with zero attached hydrogens (tertiary/aromatic N) is 3. The number of ether oxygens (including phenoxy) is 1. The van der Waals surface area contributed by atoms with E-state index in [-0.39, 0.29) is 5.82 Å². The number of aliphatic hydroxyl groups excluding tert-OH is 1. The van der Waals surface area contributed by atoms with Gasteiger partial charge >= 0.3 is 0 Å². The van der Waals surface area contributed by atoms with E-state index in [1.54, 1.807) is 23.7 Å². The molecule has 1 atom stereocenters. The molecule has 0 aliphatic heterocycles. The van der Waals surface area contributed by atoms with Gasteiger partial charge in [-0.05, 0) is 51.1 Å². The molecule has 0 saturated heterocycles. The summed E-state index contributed by atoms with van der Waals surface area (Å²) in [6.07, 6.45) is 0.539. The number of aliphatic hydroxyl groups is 1. The third-order valence-corrected chi connectivity index (χ3v) is 4.59. The molecule has 5 nitrogen and oxygen atoms in total. The van der Waals surface area contributed by atoms with E-state index in [9.17, 15) is 9.50 Å². The lowest BCUT2D eigenvalue weighted by molar-refractivity contribution is 0.122. The van der Waals surface area contributed by atoms with E-state index in [0.717, 1.165) is 29.9 Å². The Morgan fingerprint density at radius 2 is 1.93 bits per heavy atom. The first-order chi connectivity index (χ1) is 14.0. The van der Waals surface area contributed by atoms with Crippen molar-refractivity contribution in [3.8, 4) is 17.3 Å². The lowest BCUT2D eigenvalue weighted by Crippen LogP contribution is -2.31. The average Bonchev–Trinajstić information content (AvgIpc) is 2.98. The minimum atomic E-state index is -0.432. The highest BCUT2D eigenvalue weighted by molar-refractivity contribution is 5.43. The minimum Gasteiger partial charge on any atom is -0.438 e. The fraction of sp³-hybridized carbons (Fsp3) is 0.348. The standard InChI is InChI=1S/C23H28FN3O2/c1-4-13-26(15-17(2)28)16-22-18(3)25-27(20-10-6-5-7-11-20)23(22)29-21-12-8-9-19(24)14-21/h5-12,14,17,28H,4,13,15-16H2,1-3H3/t17-/m1/s1. The largest absolute Gasteiger partial charge is 0.438 e. The molecule has 3 aromatic rings. The SMILES string of the molecule is CCCN(Cc1c(C)nn(-c2ccccc2)c1Oc1cccc(F)c1)C[C@@H](C)O. The van der Waals surface area contributed by atoms with Gasteiger partial charge < -0.3 is 9.84 Å². The van der Waals surface area contributed by atoms with Gasteiger partial charge in [-0.3, -0.25) is 4.90 Å². The molecule has 0 aliphatic rings. The maximum absolute atomic E-state index is 13.7. The Morgan fingerprint density at radius 3 is 2.59 bits per heavy atom. The molecular formula is C23H28FN3O2. The molecule has 0 aliphatic carbocycles. The molecule has 1 N–H and O–H groups in total. The fourth-order valence-corrected chi connectivity index (χ4v) is 3.36. The monoisotopic (exact) mass is 397 g/mol. The summed E-state index contributed by atoms with van der Waals surface area (Å²) in [7, 11) is 0. The highest BCUT2D eigenvalue weighted by atomic mass is 19.1. The molecule has 3 rings (SSSR count). The van der Waals surface area contributed by atoms with Gasteiger partial charge in [-0.15, -0.1) is 0 Å². The Hall–Kier alpha value is -2.70. The van der Waals surface area contributed by atoms with E-state index in [1.165, 1.54) is 12.1 Å². The van der Waals surface area contributed by atoms with Gasteiger partial charge in [0.1, 0.15) is 11.6 Å². The second-order valence-electron chi connectivity index (χ2n) is 7.26. The maximum Gasteiger partial charge on any atom is 0.227 e. The van der Waals surface area contributed by atoms with Crippen molar-refractivity contribution in [1.29, 1.82) is 0 Å². The van der Waals surface area contributed by atoms with Crippen molar-refractivity contribution >= 4 is 0 Å². The number of hydrogen-bond donors (Lipinski definition) is 1. The van der Waals surface area contributed by atoms with Crippen LogP contribution in [0.5, 0.6) is 11.6 Å². The van der Waals surface area contributed by atoms with Crippen LogP contribution in [0.1, 0.15) is 31.5 Å². The highest BCUT2D eigenvalue weighted by Gasteiger charge is 2.21. The van der Waals surface area contributed by atoms with Gasteiger partial charge in [-0.1, -0.05) is 31.2 Å². The first-order valence-corrected chi connectivity index (χ1v) is 9.95. The van der Waals surface area contributed by atoms with Crippen LogP contribution in [-0.4, -0.2) is 39.0 Å². The summed E-state index contributed by atoms with van der Waals surface area (Å²) >= 11 is 0. The third kappa shape index (κ3) is 5.43. The van der Waals surface area contributed by atoms with Crippen molar-refractivity contribution in [2.45, 2.75) is 39.8 Å². The van der Waals surface area contributed by atoms with Gasteiger partial charge in [0.15, 0.2) is 0 Å². The lowest BCUT2D eigenvalue weighted by atomic mass is 10.2. The number of halogens is 1. The van der Waals surface area contributed by atoms with Gasteiger partial charge in [0.2, 0.25) is 5.88 Å². The van der Waals surface area contributed by atoms with Crippen molar-refractivity contribution in [1.82, 2.24) is 14.7 Å². The van der Waals surface area contributed by atoms with Crippen molar-refractivity contribution in [2.24, 2.45) is 0 Å². The molecule has 0 fully saturated rings. The van der Waals surface area contributed by atoms with Crippen LogP contribution in [0.15, 0.2) is 54.6 Å². The predicted molar refractivity (Wildman–Crippen MR) is 112 cm³/mol. The van der Waals surface area contributed by atoms with E-state index >= 15 is 0 Å². The van der Waals surface area contributed by atoms with Gasteiger partial charge in [-0.2, -0.15) is 5.10 Å². The van der Waals surface area contributed by atoms with Crippen molar-refractivity contribution in [2.75, 3.05) is 13.1 Å². The van der Waals surface area contributed by atoms with E-state index in [1.807, 2.05) is 37.3 Å². The zero-order valence-electron chi connectivity index (χ0n) is 17.2. The van der Waals surface area contributed by atoms with Crippen LogP contribution in [0.4, 0.5) is 4.39 Å². The third-order valence-electron chi connectivity index (χ3n) is 4.59. The zero-order valence-corrected chi connectivity index (χ0v) is 17.2. The van der Waals surface area contributed by atoms with Crippen molar-refractivity contribution in [3.63, 3.8) is 0 Å². The molecule has 0 spiro atoms. The summed E-state index contributed by atoms with van der Waals surface area (Å²) in [4.78, 5) is 2.18. The van der Waals surface area contributed by atoms with E-state index in [2.05, 4.69) is 11.8 Å². The molecule has 0 bridgehead atoms. The molecule has 0 amide bonds. The highest BCUT2D eigenvalue weighted by Crippen LogP contribution is 2.32. The van der Waals surface area contributed by atoms with Crippen LogP contribution in [0, 0.1) is 12.7 Å². The molecule has 29 heavy (non-hydrogen) atoms. The van der Waals surface area contributed by atoms with Crippen molar-refractivity contribution in [3.05, 3.63) is 71.7 Å². The van der Waals surface area contributed by atoms with Crippen molar-refractivity contribution < 1.29 is 14.2 Å². The van der Waals surface area contributed by atoms with Gasteiger partial charge in [0.05, 0.1) is 23.0 Å². The smallest absolute Gasteiger partial charge is 0.227 e. The second-order valence-corrected chi connectivity index (χ2v) is 7.26. The summed E-state index contributed by atoms with van der Waals surface area (Å²) in [5, 5.41) is 14.6. The van der Waals surface area contributed by atoms with Crippen LogP contribution in [0.3, 0.4) is 0 Å². The Labute approximate surface area is 171 Å². The minimum absolute atomic E-state index is 0.353. The summed E-state index contributed by atoms with van der Waals surface area (Å²) in [5.41, 5.74) is 2.63. The summed E-state index contributed by atoms with van der Waals surface area (Å²) in [6, 6.07) is 15.8. The number of hydrogen-bond acceptors (Lipinski definition) is 4. The first-order valence-electron chi connectivity index (χ1n) is 9.95. The van der Waals surface area contributed by atoms with E-state index in [4.69, 9.17) is 9.84 Å². The number of para-hydroxylation sites is 1. The van der Waals surface area contributed by atoms with E-state index < -0.39 is 6.10 Å². The van der Waals surface area contributed by atoms with Crippen LogP contribution in [0.2, 0.25) is 0 Å². The Balaban J connectivity index is 2.03. The molecule has 0 radical (unpaired) electrons. The molecule has 0 saturated carbocycles. The molecule has 1 aromatic heterocycles. The molecule has 2 aromatic carbocycles. The van der Waals surface area contributed by atoms with Crippen LogP contribution >= 0.6 is 0 Å². The predicted octanol–water partition coefficient (Wildman–Crippen LogP) is 4.70. The lowest BCUT2D eigenvalue weighted by Gasteiger charge is -2.23. The van der Waals surface area contributed by atoms with Crippen LogP contribution in [-0.2, 0) is 6.54 Å². The Kier molecular flexibility index (Phi) is 7.01. The molecule has 0 unspecified atom stereocenters. The van der Waals surface area contributed by atoms with Crippen LogP contribution < -0.4 is 4.74 Å². The van der Waals surface area contributed by atoms with Gasteiger partial charge in [0, 0.05) is 19.2 Å². The van der Waals surface area contributed by atoms with Gasteiger partial charge in [0.25, 0.3) is 0 Å². The first kappa shape index (κ1) is 21.0. The molecule has 1 heterocycles. The number of aromatic nitrogens is 2. The quantitative estimate of drug-likeness (QED) is 0.568. The zero-order chi connectivity index (χ0) is 20.8. The average molecular weight is 397 g/mol. The van der Waals surface area contributed by atoms with Gasteiger partial charge in [-0.25, -0.2) is 9.07 Å². The Morgan fingerprint density at radius 1 is 1.17 bits per heavy atom. The summed E-state index contributed by atoms with van der Waals surface area (Å²) < 4.78 is 21.6. The number of benzene rings is 2. The molecule has 154 valence electrons. The second kappa shape index (κ2) is 9.67. The molecular weight excluding hydrogens is 369 g/mol. The Bertz CT molecular complexity index is 925. The summed E-state index contributed by atoms with van der Waals surface area (Å²) in [6.45, 7) is 7.83. The van der Waals surface area contributed by atoms with Crippen LogP contribution in [0.25, 0.3) is 5.69 Å². The fourth-order valence-electron chi connectivity index (χ4n) is 3.36.